The number of carbonyl (C=O) groups is 1. The first-order chi connectivity index (χ1) is 7.81. The van der Waals surface area contributed by atoms with Gasteiger partial charge >= 0.3 is 0 Å². The van der Waals surface area contributed by atoms with Crippen molar-refractivity contribution in [2.45, 2.75) is 39.5 Å². The summed E-state index contributed by atoms with van der Waals surface area (Å²) in [6.07, 6.45) is 3.69. The van der Waals surface area contributed by atoms with E-state index in [1.165, 1.54) is 0 Å². The minimum absolute atomic E-state index is 0.0318. The number of amides is 1. The third-order valence-electron chi connectivity index (χ3n) is 1.89. The van der Waals surface area contributed by atoms with Crippen LogP contribution in [0.5, 0.6) is 0 Å². The Kier molecular flexibility index (Phi) is 18.7. The highest BCUT2D eigenvalue weighted by atomic mass is 16.5. The summed E-state index contributed by atoms with van der Waals surface area (Å²) in [5, 5.41) is 2.55. The van der Waals surface area contributed by atoms with E-state index in [0.717, 1.165) is 32.5 Å². The number of ether oxygens (including phenoxy) is 2. The molecule has 0 aromatic rings. The van der Waals surface area contributed by atoms with Crippen LogP contribution in [0.25, 0.3) is 0 Å². The van der Waals surface area contributed by atoms with Gasteiger partial charge in [0.15, 0.2) is 0 Å². The predicted molar refractivity (Wildman–Crippen MR) is 66.6 cm³/mol. The Morgan fingerprint density at radius 1 is 1.06 bits per heavy atom. The number of nitrogens with one attached hydrogen (secondary N) is 1. The highest BCUT2D eigenvalue weighted by Crippen LogP contribution is 1.96. The van der Waals surface area contributed by atoms with Crippen molar-refractivity contribution in [1.82, 2.24) is 5.32 Å². The van der Waals surface area contributed by atoms with E-state index in [2.05, 4.69) is 5.32 Å². The molecule has 0 saturated carbocycles. The number of methoxy groups -OCH3 is 1. The van der Waals surface area contributed by atoms with Crippen LogP contribution in [0.1, 0.15) is 39.5 Å². The third kappa shape index (κ3) is 15.8. The monoisotopic (exact) mass is 233 g/mol. The van der Waals surface area contributed by atoms with Crippen LogP contribution in [-0.4, -0.2) is 39.9 Å². The van der Waals surface area contributed by atoms with E-state index in [9.17, 15) is 4.79 Å². The molecule has 0 aliphatic heterocycles. The van der Waals surface area contributed by atoms with Crippen LogP contribution in [0.2, 0.25) is 0 Å². The van der Waals surface area contributed by atoms with Crippen LogP contribution < -0.4 is 5.32 Å². The molecular weight excluding hydrogens is 206 g/mol. The summed E-state index contributed by atoms with van der Waals surface area (Å²) < 4.78 is 10.2. The Morgan fingerprint density at radius 2 is 1.69 bits per heavy atom. The minimum atomic E-state index is 0.0318. The Labute approximate surface area is 99.7 Å². The molecular formula is C12H27NO3. The second kappa shape index (κ2) is 16.8. The lowest BCUT2D eigenvalue weighted by Crippen LogP contribution is -2.19. The molecule has 0 radical (unpaired) electrons. The van der Waals surface area contributed by atoms with E-state index in [1.54, 1.807) is 14.2 Å². The quantitative estimate of drug-likeness (QED) is 0.619. The van der Waals surface area contributed by atoms with Crippen molar-refractivity contribution in [3.8, 4) is 0 Å². The Morgan fingerprint density at radius 3 is 2.25 bits per heavy atom. The Hall–Kier alpha value is -0.610. The van der Waals surface area contributed by atoms with E-state index in [1.807, 2.05) is 13.8 Å². The molecule has 0 fully saturated rings. The lowest BCUT2D eigenvalue weighted by Gasteiger charge is -2.03. The number of hydrogen-bond acceptors (Lipinski definition) is 3. The van der Waals surface area contributed by atoms with Crippen molar-refractivity contribution >= 4 is 5.91 Å². The van der Waals surface area contributed by atoms with E-state index in [-0.39, 0.29) is 5.91 Å². The van der Waals surface area contributed by atoms with E-state index in [4.69, 9.17) is 9.47 Å². The minimum Gasteiger partial charge on any atom is -0.385 e. The van der Waals surface area contributed by atoms with Crippen molar-refractivity contribution in [2.24, 2.45) is 0 Å². The molecule has 0 bridgehead atoms. The van der Waals surface area contributed by atoms with Crippen molar-refractivity contribution in [2.75, 3.05) is 34.0 Å². The molecule has 0 aromatic heterocycles. The number of unbranched alkanes of at least 4 members (excludes halogenated alkanes) is 2. The van der Waals surface area contributed by atoms with Gasteiger partial charge in [0.05, 0.1) is 6.61 Å². The first kappa shape index (κ1) is 17.8. The number of rotatable bonds is 9. The van der Waals surface area contributed by atoms with Gasteiger partial charge in [-0.2, -0.15) is 0 Å². The molecule has 0 aliphatic carbocycles. The van der Waals surface area contributed by atoms with E-state index in [0.29, 0.717) is 13.0 Å². The molecule has 0 aliphatic rings. The predicted octanol–water partition coefficient (Wildman–Crippen LogP) is 1.98. The zero-order valence-corrected chi connectivity index (χ0v) is 11.2. The summed E-state index contributed by atoms with van der Waals surface area (Å²) in [6, 6.07) is 0. The number of carbonyl (C=O) groups excluding carboxylic acids is 1. The van der Waals surface area contributed by atoms with Crippen LogP contribution in [0.15, 0.2) is 0 Å². The molecule has 1 amide bonds. The average molecular weight is 233 g/mol. The van der Waals surface area contributed by atoms with Crippen LogP contribution in [0.3, 0.4) is 0 Å². The van der Waals surface area contributed by atoms with Gasteiger partial charge < -0.3 is 14.8 Å². The summed E-state index contributed by atoms with van der Waals surface area (Å²) in [7, 11) is 3.34. The van der Waals surface area contributed by atoms with Crippen molar-refractivity contribution in [3.05, 3.63) is 0 Å². The fourth-order valence-electron chi connectivity index (χ4n) is 1.02. The standard InChI is InChI=1S/C10H21NO3.C2H6/c1-11-10(12)6-9-14-8-5-3-4-7-13-2;1-2/h3-9H2,1-2H3,(H,11,12);1-2H3. The van der Waals surface area contributed by atoms with E-state index < -0.39 is 0 Å². The smallest absolute Gasteiger partial charge is 0.222 e. The maximum absolute atomic E-state index is 10.8. The van der Waals surface area contributed by atoms with Gasteiger partial charge in [-0.05, 0) is 19.3 Å². The highest BCUT2D eigenvalue weighted by molar-refractivity contribution is 5.75. The topological polar surface area (TPSA) is 47.6 Å². The molecule has 0 spiro atoms. The Balaban J connectivity index is 0. The van der Waals surface area contributed by atoms with Gasteiger partial charge in [-0.15, -0.1) is 0 Å². The lowest BCUT2D eigenvalue weighted by molar-refractivity contribution is -0.121. The van der Waals surface area contributed by atoms with Gasteiger partial charge in [0.2, 0.25) is 5.91 Å². The third-order valence-corrected chi connectivity index (χ3v) is 1.89. The maximum Gasteiger partial charge on any atom is 0.222 e. The number of hydrogen-bond donors (Lipinski definition) is 1. The van der Waals surface area contributed by atoms with Gasteiger partial charge in [-0.25, -0.2) is 0 Å². The summed E-state index contributed by atoms with van der Waals surface area (Å²) in [6.45, 7) is 6.07. The molecule has 0 atom stereocenters. The Bertz CT molecular complexity index is 140. The molecule has 0 unspecified atom stereocenters. The molecule has 1 N–H and O–H groups in total. The molecule has 0 rings (SSSR count). The fourth-order valence-corrected chi connectivity index (χ4v) is 1.02. The molecule has 98 valence electrons. The van der Waals surface area contributed by atoms with Gasteiger partial charge in [-0.1, -0.05) is 13.8 Å². The SMILES string of the molecule is CC.CNC(=O)CCOCCCCCOC. The molecule has 0 heterocycles. The average Bonchev–Trinajstić information content (AvgIpc) is 2.34. The molecule has 4 nitrogen and oxygen atoms in total. The maximum atomic E-state index is 10.8. The van der Waals surface area contributed by atoms with Crippen LogP contribution in [-0.2, 0) is 14.3 Å². The van der Waals surface area contributed by atoms with Gasteiger partial charge in [0.1, 0.15) is 0 Å². The van der Waals surface area contributed by atoms with Gasteiger partial charge in [-0.3, -0.25) is 4.79 Å². The molecule has 0 aromatic carbocycles. The van der Waals surface area contributed by atoms with E-state index >= 15 is 0 Å². The van der Waals surface area contributed by atoms with Crippen LogP contribution in [0, 0.1) is 0 Å². The zero-order chi connectivity index (χ0) is 12.6. The van der Waals surface area contributed by atoms with Gasteiger partial charge in [0, 0.05) is 33.8 Å². The molecule has 0 saturated heterocycles. The lowest BCUT2D eigenvalue weighted by atomic mass is 10.2. The highest BCUT2D eigenvalue weighted by Gasteiger charge is 1.96. The van der Waals surface area contributed by atoms with Crippen molar-refractivity contribution in [3.63, 3.8) is 0 Å². The van der Waals surface area contributed by atoms with Crippen molar-refractivity contribution < 1.29 is 14.3 Å². The zero-order valence-electron chi connectivity index (χ0n) is 11.2. The molecule has 4 heteroatoms. The molecule has 16 heavy (non-hydrogen) atoms. The summed E-state index contributed by atoms with van der Waals surface area (Å²) in [4.78, 5) is 10.8. The first-order valence-corrected chi connectivity index (χ1v) is 6.08. The summed E-state index contributed by atoms with van der Waals surface area (Å²) in [5.41, 5.74) is 0. The van der Waals surface area contributed by atoms with Crippen molar-refractivity contribution in [1.29, 1.82) is 0 Å². The van der Waals surface area contributed by atoms with Crippen LogP contribution in [0.4, 0.5) is 0 Å². The first-order valence-electron chi connectivity index (χ1n) is 6.08. The second-order valence-corrected chi connectivity index (χ2v) is 3.09. The summed E-state index contributed by atoms with van der Waals surface area (Å²) in [5.74, 6) is 0.0318. The normalized spacial score (nSPS) is 9.25. The van der Waals surface area contributed by atoms with Gasteiger partial charge in [0.25, 0.3) is 0 Å². The second-order valence-electron chi connectivity index (χ2n) is 3.09. The largest absolute Gasteiger partial charge is 0.385 e. The van der Waals surface area contributed by atoms with Crippen LogP contribution >= 0.6 is 0 Å². The summed E-state index contributed by atoms with van der Waals surface area (Å²) >= 11 is 0. The fraction of sp³-hybridized carbons (Fsp3) is 0.917.